The fourth-order valence-electron chi connectivity index (χ4n) is 0.867. The molecule has 0 amide bonds. The van der Waals surface area contributed by atoms with Gasteiger partial charge in [-0.1, -0.05) is 18.4 Å². The summed E-state index contributed by atoms with van der Waals surface area (Å²) in [4.78, 5) is 0. The number of hydrogen-bond acceptors (Lipinski definition) is 2. The smallest absolute Gasteiger partial charge is 0.0912 e. The van der Waals surface area contributed by atoms with Crippen molar-refractivity contribution in [2.24, 2.45) is 0 Å². The van der Waals surface area contributed by atoms with Gasteiger partial charge in [-0.25, -0.2) is 0 Å². The monoisotopic (exact) mass is 201 g/mol. The minimum atomic E-state index is -0.958. The van der Waals surface area contributed by atoms with Crippen molar-refractivity contribution in [1.29, 1.82) is 0 Å². The van der Waals surface area contributed by atoms with Gasteiger partial charge in [-0.15, -0.1) is 0 Å². The van der Waals surface area contributed by atoms with Crippen LogP contribution in [0.5, 0.6) is 0 Å². The van der Waals surface area contributed by atoms with Crippen LogP contribution in [0.4, 0.5) is 5.69 Å². The molecule has 0 aliphatic carbocycles. The van der Waals surface area contributed by atoms with Gasteiger partial charge in [0.2, 0.25) is 0 Å². The third-order valence-electron chi connectivity index (χ3n) is 2.01. The molecular weight excluding hydrogens is 186 g/mol. The van der Waals surface area contributed by atoms with Crippen LogP contribution in [-0.2, 0) is 0 Å². The van der Waals surface area contributed by atoms with Crippen molar-refractivity contribution in [2.45, 2.75) is 19.4 Å². The first-order chi connectivity index (χ1) is 6.89. The largest absolute Gasteiger partial charge is 0.399 e. The molecule has 2 nitrogen and oxygen atoms in total. The zero-order chi connectivity index (χ0) is 11.5. The minimum Gasteiger partial charge on any atom is -0.399 e. The van der Waals surface area contributed by atoms with E-state index >= 15 is 0 Å². The average Bonchev–Trinajstić information content (AvgIpc) is 2.15. The van der Waals surface area contributed by atoms with Gasteiger partial charge >= 0.3 is 0 Å². The quantitative estimate of drug-likeness (QED) is 0.539. The second-order valence-electron chi connectivity index (χ2n) is 3.91. The summed E-state index contributed by atoms with van der Waals surface area (Å²) in [6, 6.07) is 7.24. The van der Waals surface area contributed by atoms with E-state index in [1.165, 1.54) is 0 Å². The molecule has 0 atom stereocenters. The van der Waals surface area contributed by atoms with Crippen LogP contribution in [0.25, 0.3) is 0 Å². The summed E-state index contributed by atoms with van der Waals surface area (Å²) in [6.07, 6.45) is 0. The fraction of sp³-hybridized carbons (Fsp3) is 0.231. The predicted octanol–water partition coefficient (Wildman–Crippen LogP) is 1.95. The van der Waals surface area contributed by atoms with E-state index in [-0.39, 0.29) is 0 Å². The number of benzene rings is 1. The van der Waals surface area contributed by atoms with Gasteiger partial charge in [0.1, 0.15) is 0 Å². The molecule has 2 heteroatoms. The molecule has 0 heterocycles. The van der Waals surface area contributed by atoms with E-state index in [9.17, 15) is 5.11 Å². The molecule has 1 rings (SSSR count). The first-order valence-corrected chi connectivity index (χ1v) is 4.69. The summed E-state index contributed by atoms with van der Waals surface area (Å²) in [5, 5.41) is 9.59. The van der Waals surface area contributed by atoms with E-state index in [0.29, 0.717) is 11.3 Å². The molecule has 0 saturated carbocycles. The van der Waals surface area contributed by atoms with E-state index in [1.54, 1.807) is 26.0 Å². The Hall–Kier alpha value is -1.72. The van der Waals surface area contributed by atoms with Crippen LogP contribution in [0.1, 0.15) is 19.4 Å². The van der Waals surface area contributed by atoms with Crippen LogP contribution in [0.2, 0.25) is 0 Å². The number of anilines is 1. The van der Waals surface area contributed by atoms with Gasteiger partial charge in [-0.3, -0.25) is 0 Å². The highest BCUT2D eigenvalue weighted by Gasteiger charge is 2.14. The Bertz CT molecular complexity index is 413. The number of hydrogen-bond donors (Lipinski definition) is 2. The minimum absolute atomic E-state index is 0.499. The van der Waals surface area contributed by atoms with Gasteiger partial charge < -0.3 is 10.8 Å². The first-order valence-electron chi connectivity index (χ1n) is 4.69. The van der Waals surface area contributed by atoms with Crippen molar-refractivity contribution >= 4 is 5.69 Å². The fourth-order valence-corrected chi connectivity index (χ4v) is 0.867. The summed E-state index contributed by atoms with van der Waals surface area (Å²) < 4.78 is 0. The number of rotatable bonds is 1. The van der Waals surface area contributed by atoms with Crippen LogP contribution in [-0.4, -0.2) is 10.7 Å². The molecule has 0 unspecified atom stereocenters. The Morgan fingerprint density at radius 2 is 1.87 bits per heavy atom. The zero-order valence-corrected chi connectivity index (χ0v) is 9.04. The maximum Gasteiger partial charge on any atom is 0.0912 e. The van der Waals surface area contributed by atoms with Crippen molar-refractivity contribution in [2.75, 3.05) is 5.73 Å². The van der Waals surface area contributed by atoms with Crippen molar-refractivity contribution in [3.63, 3.8) is 0 Å². The van der Waals surface area contributed by atoms with Crippen molar-refractivity contribution in [3.8, 4) is 11.8 Å². The third kappa shape index (κ3) is 3.49. The second kappa shape index (κ2) is 4.20. The summed E-state index contributed by atoms with van der Waals surface area (Å²) in [5.74, 6) is 5.74. The Balaban J connectivity index is 2.83. The molecule has 1 aromatic rings. The van der Waals surface area contributed by atoms with Crippen LogP contribution in [0, 0.1) is 11.8 Å². The van der Waals surface area contributed by atoms with Crippen LogP contribution >= 0.6 is 0 Å². The molecule has 0 spiro atoms. The Morgan fingerprint density at radius 1 is 1.33 bits per heavy atom. The van der Waals surface area contributed by atoms with Gasteiger partial charge in [0.15, 0.2) is 0 Å². The highest BCUT2D eigenvalue weighted by molar-refractivity contribution is 5.47. The molecule has 0 aliphatic rings. The van der Waals surface area contributed by atoms with Crippen LogP contribution in [0.3, 0.4) is 0 Å². The third-order valence-corrected chi connectivity index (χ3v) is 2.01. The molecule has 0 aromatic heterocycles. The summed E-state index contributed by atoms with van der Waals surface area (Å²) in [7, 11) is 0. The highest BCUT2D eigenvalue weighted by atomic mass is 16.3. The van der Waals surface area contributed by atoms with E-state index in [4.69, 9.17) is 5.73 Å². The van der Waals surface area contributed by atoms with Crippen molar-refractivity contribution < 1.29 is 5.11 Å². The number of aliphatic hydroxyl groups is 1. The van der Waals surface area contributed by atoms with Crippen molar-refractivity contribution in [3.05, 3.63) is 42.0 Å². The van der Waals surface area contributed by atoms with Crippen molar-refractivity contribution in [1.82, 2.24) is 0 Å². The summed E-state index contributed by atoms with van der Waals surface area (Å²) in [5.41, 5.74) is 6.65. The predicted molar refractivity (Wildman–Crippen MR) is 63.2 cm³/mol. The maximum absolute atomic E-state index is 9.59. The number of nitrogen functional groups attached to an aromatic ring is 1. The number of nitrogens with two attached hydrogens (primary N) is 1. The highest BCUT2D eigenvalue weighted by Crippen LogP contribution is 2.12. The standard InChI is InChI=1S/C13H15NO/c1-10(13(2,3)15)4-5-11-6-8-12(14)9-7-11/h6-9,15H,1,14H2,2-3H3. The first kappa shape index (κ1) is 11.4. The second-order valence-corrected chi connectivity index (χ2v) is 3.91. The van der Waals surface area contributed by atoms with Gasteiger partial charge in [0, 0.05) is 16.8 Å². The molecular formula is C13H15NO. The molecule has 1 aromatic carbocycles. The van der Waals surface area contributed by atoms with Gasteiger partial charge in [0.25, 0.3) is 0 Å². The van der Waals surface area contributed by atoms with Gasteiger partial charge in [0.05, 0.1) is 5.60 Å². The topological polar surface area (TPSA) is 46.2 Å². The van der Waals surface area contributed by atoms with Gasteiger partial charge in [-0.05, 0) is 38.1 Å². The van der Waals surface area contributed by atoms with E-state index in [0.717, 1.165) is 5.56 Å². The molecule has 0 radical (unpaired) electrons. The Kier molecular flexibility index (Phi) is 3.18. The lowest BCUT2D eigenvalue weighted by atomic mass is 10.0. The van der Waals surface area contributed by atoms with Crippen LogP contribution < -0.4 is 5.73 Å². The SMILES string of the molecule is C=C(C#Cc1ccc(N)cc1)C(C)(C)O. The molecule has 0 bridgehead atoms. The lowest BCUT2D eigenvalue weighted by Crippen LogP contribution is -2.19. The summed E-state index contributed by atoms with van der Waals surface area (Å²) >= 11 is 0. The Labute approximate surface area is 90.4 Å². The molecule has 0 fully saturated rings. The molecule has 0 saturated heterocycles. The zero-order valence-electron chi connectivity index (χ0n) is 9.04. The molecule has 78 valence electrons. The van der Waals surface area contributed by atoms with E-state index < -0.39 is 5.60 Å². The van der Waals surface area contributed by atoms with Crippen LogP contribution in [0.15, 0.2) is 36.4 Å². The normalized spacial score (nSPS) is 10.3. The molecule has 15 heavy (non-hydrogen) atoms. The maximum atomic E-state index is 9.59. The molecule has 0 aliphatic heterocycles. The van der Waals surface area contributed by atoms with Gasteiger partial charge in [-0.2, -0.15) is 0 Å². The lowest BCUT2D eigenvalue weighted by molar-refractivity contribution is 0.125. The van der Waals surface area contributed by atoms with E-state index in [1.807, 2.05) is 12.1 Å². The lowest BCUT2D eigenvalue weighted by Gasteiger charge is -2.14. The molecule has 3 N–H and O–H groups in total. The van der Waals surface area contributed by atoms with E-state index in [2.05, 4.69) is 18.4 Å². The average molecular weight is 201 g/mol. The summed E-state index contributed by atoms with van der Waals surface area (Å²) in [6.45, 7) is 7.03. The Morgan fingerprint density at radius 3 is 2.33 bits per heavy atom.